The van der Waals surface area contributed by atoms with Crippen LogP contribution in [0.2, 0.25) is 0 Å². The van der Waals surface area contributed by atoms with Crippen molar-refractivity contribution in [2.24, 2.45) is 0 Å². The van der Waals surface area contributed by atoms with E-state index in [9.17, 15) is 4.79 Å². The lowest BCUT2D eigenvalue weighted by Crippen LogP contribution is -2.07. The van der Waals surface area contributed by atoms with E-state index in [1.54, 1.807) is 13.0 Å². The zero-order valence-corrected chi connectivity index (χ0v) is 15.7. The van der Waals surface area contributed by atoms with Crippen LogP contribution in [0.4, 0.5) is 0 Å². The molecule has 0 aliphatic carbocycles. The van der Waals surface area contributed by atoms with Crippen LogP contribution in [-0.4, -0.2) is 26.3 Å². The van der Waals surface area contributed by atoms with Gasteiger partial charge in [-0.05, 0) is 24.4 Å². The number of fused-ring (bicyclic) bond motifs is 1. The van der Waals surface area contributed by atoms with E-state index in [0.29, 0.717) is 33.9 Å². The van der Waals surface area contributed by atoms with Gasteiger partial charge in [-0.2, -0.15) is 4.98 Å². The largest absolute Gasteiger partial charge is 0.452 e. The molecule has 0 amide bonds. The van der Waals surface area contributed by atoms with Gasteiger partial charge in [-0.3, -0.25) is 0 Å². The lowest BCUT2D eigenvalue weighted by atomic mass is 10.1. The molecule has 0 aromatic carbocycles. The second-order valence-corrected chi connectivity index (χ2v) is 7.21. The fourth-order valence-electron chi connectivity index (χ4n) is 2.57. The van der Waals surface area contributed by atoms with E-state index in [1.807, 2.05) is 31.4 Å². The van der Waals surface area contributed by atoms with Gasteiger partial charge >= 0.3 is 5.97 Å². The molecule has 0 spiro atoms. The van der Waals surface area contributed by atoms with Crippen LogP contribution in [0, 0.1) is 6.92 Å². The Morgan fingerprint density at radius 3 is 2.81 bits per heavy atom. The summed E-state index contributed by atoms with van der Waals surface area (Å²) in [6.45, 7) is 5.55. The Kier molecular flexibility index (Phi) is 4.44. The van der Waals surface area contributed by atoms with Crippen molar-refractivity contribution >= 4 is 28.4 Å². The number of aryl methyl sites for hydroxylation is 1. The molecule has 0 radical (unpaired) electrons. The van der Waals surface area contributed by atoms with Gasteiger partial charge in [0.05, 0.1) is 27.2 Å². The van der Waals surface area contributed by atoms with Gasteiger partial charge in [0.2, 0.25) is 0 Å². The van der Waals surface area contributed by atoms with Crippen molar-refractivity contribution in [3.63, 3.8) is 0 Å². The molecule has 0 aliphatic heterocycles. The van der Waals surface area contributed by atoms with Crippen LogP contribution in [0.15, 0.2) is 32.6 Å². The van der Waals surface area contributed by atoms with E-state index in [-0.39, 0.29) is 18.4 Å². The van der Waals surface area contributed by atoms with Crippen LogP contribution in [0.5, 0.6) is 0 Å². The third-order valence-corrected chi connectivity index (χ3v) is 4.83. The van der Waals surface area contributed by atoms with E-state index in [1.165, 1.54) is 11.3 Å². The first-order valence-corrected chi connectivity index (χ1v) is 9.21. The van der Waals surface area contributed by atoms with Crippen molar-refractivity contribution in [1.29, 1.82) is 0 Å². The van der Waals surface area contributed by atoms with Crippen LogP contribution in [0.1, 0.15) is 47.5 Å². The van der Waals surface area contributed by atoms with E-state index >= 15 is 0 Å². The number of carbonyl (C=O) groups excluding carboxylic acids is 1. The number of thiophene rings is 1. The zero-order chi connectivity index (χ0) is 19.0. The first kappa shape index (κ1) is 17.3. The number of hydrogen-bond donors (Lipinski definition) is 0. The van der Waals surface area contributed by atoms with Gasteiger partial charge in [-0.25, -0.2) is 9.78 Å². The Morgan fingerprint density at radius 1 is 1.26 bits per heavy atom. The van der Waals surface area contributed by atoms with Gasteiger partial charge in [-0.15, -0.1) is 11.3 Å². The van der Waals surface area contributed by atoms with Crippen LogP contribution in [0.3, 0.4) is 0 Å². The van der Waals surface area contributed by atoms with Crippen molar-refractivity contribution in [3.05, 3.63) is 46.6 Å². The second-order valence-electron chi connectivity index (χ2n) is 6.26. The molecule has 0 saturated carbocycles. The Balaban J connectivity index is 1.64. The molecule has 0 unspecified atom stereocenters. The summed E-state index contributed by atoms with van der Waals surface area (Å²) in [6.07, 6.45) is 0. The number of ether oxygens (including phenoxy) is 1. The summed E-state index contributed by atoms with van der Waals surface area (Å²) in [5, 5.41) is 10.3. The molecule has 138 valence electrons. The van der Waals surface area contributed by atoms with Crippen LogP contribution < -0.4 is 0 Å². The highest BCUT2D eigenvalue weighted by Gasteiger charge is 2.21. The average Bonchev–Trinajstić information content (AvgIpc) is 3.40. The Morgan fingerprint density at radius 2 is 2.11 bits per heavy atom. The number of rotatable bonds is 5. The van der Waals surface area contributed by atoms with Gasteiger partial charge in [0.15, 0.2) is 12.4 Å². The van der Waals surface area contributed by atoms with Crippen LogP contribution in [-0.2, 0) is 11.3 Å². The third-order valence-electron chi connectivity index (χ3n) is 3.94. The Hall–Kier alpha value is -3.07. The summed E-state index contributed by atoms with van der Waals surface area (Å²) in [6, 6.07) is 5.52. The molecule has 4 rings (SSSR count). The third kappa shape index (κ3) is 3.33. The molecule has 27 heavy (non-hydrogen) atoms. The first-order valence-electron chi connectivity index (χ1n) is 8.33. The van der Waals surface area contributed by atoms with Gasteiger partial charge in [0.1, 0.15) is 0 Å². The normalized spacial score (nSPS) is 11.4. The molecular weight excluding hydrogens is 368 g/mol. The molecule has 4 heterocycles. The summed E-state index contributed by atoms with van der Waals surface area (Å²) in [4.78, 5) is 22.3. The number of hydrogen-bond acceptors (Lipinski definition) is 9. The molecule has 0 bridgehead atoms. The van der Waals surface area contributed by atoms with E-state index in [2.05, 4.69) is 20.3 Å². The molecule has 4 aromatic rings. The van der Waals surface area contributed by atoms with Crippen LogP contribution >= 0.6 is 11.3 Å². The lowest BCUT2D eigenvalue weighted by Gasteiger charge is -2.05. The minimum absolute atomic E-state index is 0.110. The second kappa shape index (κ2) is 6.92. The summed E-state index contributed by atoms with van der Waals surface area (Å²) < 4.78 is 15.8. The lowest BCUT2D eigenvalue weighted by molar-refractivity contribution is 0.0432. The molecular formula is C18H16N4O4S. The summed E-state index contributed by atoms with van der Waals surface area (Å²) in [5.74, 6) is 0.418. The highest BCUT2D eigenvalue weighted by atomic mass is 32.1. The highest BCUT2D eigenvalue weighted by molar-refractivity contribution is 7.13. The van der Waals surface area contributed by atoms with Crippen molar-refractivity contribution in [1.82, 2.24) is 20.3 Å². The average molecular weight is 384 g/mol. The first-order chi connectivity index (χ1) is 13.0. The molecule has 0 aliphatic rings. The van der Waals surface area contributed by atoms with Crippen molar-refractivity contribution in [2.75, 3.05) is 0 Å². The molecule has 0 N–H and O–H groups in total. The number of carbonyl (C=O) groups is 1. The van der Waals surface area contributed by atoms with Crippen LogP contribution in [0.25, 0.3) is 21.7 Å². The molecule has 8 nitrogen and oxygen atoms in total. The fourth-order valence-corrected chi connectivity index (χ4v) is 3.26. The standard InChI is InChI=1S/C18H16N4O4S/c1-9(2)16-20-14(25-22-16)8-24-18(23)11-7-12(13-5-4-6-27-13)19-17-15(11)10(3)21-26-17/h4-7,9H,8H2,1-3H3. The maximum absolute atomic E-state index is 12.7. The molecule has 0 atom stereocenters. The van der Waals surface area contributed by atoms with E-state index < -0.39 is 5.97 Å². The van der Waals surface area contributed by atoms with E-state index in [0.717, 1.165) is 4.88 Å². The van der Waals surface area contributed by atoms with Gasteiger partial charge in [0.25, 0.3) is 11.6 Å². The van der Waals surface area contributed by atoms with Gasteiger partial charge in [0, 0.05) is 5.92 Å². The SMILES string of the molecule is Cc1noc2nc(-c3cccs3)cc(C(=O)OCc3nc(C(C)C)no3)c12. The Labute approximate surface area is 158 Å². The molecule has 4 aromatic heterocycles. The predicted octanol–water partition coefficient (Wildman–Crippen LogP) is 4.12. The smallest absolute Gasteiger partial charge is 0.339 e. The minimum Gasteiger partial charge on any atom is -0.452 e. The highest BCUT2D eigenvalue weighted by Crippen LogP contribution is 2.29. The number of pyridine rings is 1. The molecule has 0 saturated heterocycles. The fraction of sp³-hybridized carbons (Fsp3) is 0.278. The van der Waals surface area contributed by atoms with Crippen molar-refractivity contribution in [2.45, 2.75) is 33.3 Å². The van der Waals surface area contributed by atoms with Crippen molar-refractivity contribution in [3.8, 4) is 10.6 Å². The minimum atomic E-state index is -0.532. The maximum atomic E-state index is 12.7. The topological polar surface area (TPSA) is 104 Å². The number of aromatic nitrogens is 4. The summed E-state index contributed by atoms with van der Waals surface area (Å²) in [7, 11) is 0. The van der Waals surface area contributed by atoms with Gasteiger partial charge < -0.3 is 13.8 Å². The maximum Gasteiger partial charge on any atom is 0.339 e. The predicted molar refractivity (Wildman–Crippen MR) is 97.4 cm³/mol. The summed E-state index contributed by atoms with van der Waals surface area (Å²) in [5.41, 5.74) is 1.83. The number of esters is 1. The number of nitrogens with zero attached hydrogens (tertiary/aromatic N) is 4. The molecule has 9 heteroatoms. The zero-order valence-electron chi connectivity index (χ0n) is 14.9. The quantitative estimate of drug-likeness (QED) is 0.473. The van der Waals surface area contributed by atoms with Crippen molar-refractivity contribution < 1.29 is 18.6 Å². The molecule has 0 fully saturated rings. The Bertz CT molecular complexity index is 1100. The monoisotopic (exact) mass is 384 g/mol. The summed E-state index contributed by atoms with van der Waals surface area (Å²) >= 11 is 1.52. The van der Waals surface area contributed by atoms with Gasteiger partial charge in [-0.1, -0.05) is 30.2 Å². The van der Waals surface area contributed by atoms with E-state index in [4.69, 9.17) is 13.8 Å².